The van der Waals surface area contributed by atoms with Crippen LogP contribution in [0.4, 0.5) is 5.69 Å². The molecule has 1 aliphatic rings. The van der Waals surface area contributed by atoms with Crippen LogP contribution in [0.5, 0.6) is 0 Å². The Labute approximate surface area is 108 Å². The van der Waals surface area contributed by atoms with Gasteiger partial charge in [0.1, 0.15) is 10.3 Å². The Morgan fingerprint density at radius 2 is 2.11 bits per heavy atom. The standard InChI is InChI=1S/C12H11N3O2S/c16-15(17)11-4-2-1-3-10(11)14-12(18)7-9(13-14)8-5-6-8/h1-4,7-8,13H,5-6H2. The van der Waals surface area contributed by atoms with Gasteiger partial charge >= 0.3 is 0 Å². The fraction of sp³-hybridized carbons (Fsp3) is 0.250. The maximum atomic E-state index is 11.0. The Hall–Kier alpha value is -1.95. The predicted molar refractivity (Wildman–Crippen MR) is 69.6 cm³/mol. The molecular weight excluding hydrogens is 250 g/mol. The second kappa shape index (κ2) is 4.06. The van der Waals surface area contributed by atoms with Gasteiger partial charge in [-0.25, -0.2) is 4.68 Å². The molecule has 1 aliphatic carbocycles. The molecule has 1 aromatic heterocycles. The third-order valence-electron chi connectivity index (χ3n) is 3.08. The summed E-state index contributed by atoms with van der Waals surface area (Å²) in [5.41, 5.74) is 1.61. The molecule has 3 rings (SSSR count). The summed E-state index contributed by atoms with van der Waals surface area (Å²) in [4.78, 5) is 10.6. The van der Waals surface area contributed by atoms with Crippen LogP contribution in [0.3, 0.4) is 0 Å². The van der Waals surface area contributed by atoms with Gasteiger partial charge in [0.05, 0.1) is 4.92 Å². The van der Waals surface area contributed by atoms with Crippen molar-refractivity contribution in [1.82, 2.24) is 9.78 Å². The zero-order valence-corrected chi connectivity index (χ0v) is 10.3. The van der Waals surface area contributed by atoms with Crippen molar-refractivity contribution in [3.05, 3.63) is 50.8 Å². The zero-order chi connectivity index (χ0) is 12.7. The van der Waals surface area contributed by atoms with E-state index in [0.717, 1.165) is 18.5 Å². The summed E-state index contributed by atoms with van der Waals surface area (Å²) < 4.78 is 2.19. The number of H-pyrrole nitrogens is 1. The van der Waals surface area contributed by atoms with E-state index in [-0.39, 0.29) is 5.69 Å². The molecule has 6 heteroatoms. The average molecular weight is 261 g/mol. The Balaban J connectivity index is 2.14. The molecule has 5 nitrogen and oxygen atoms in total. The molecule has 1 saturated carbocycles. The molecule has 0 saturated heterocycles. The number of nitrogens with one attached hydrogen (secondary N) is 1. The minimum Gasteiger partial charge on any atom is -0.297 e. The Kier molecular flexibility index (Phi) is 2.52. The number of aromatic nitrogens is 2. The first-order valence-corrected chi connectivity index (χ1v) is 6.13. The summed E-state index contributed by atoms with van der Waals surface area (Å²) in [5.74, 6) is 0.538. The van der Waals surface area contributed by atoms with E-state index in [9.17, 15) is 10.1 Å². The first-order chi connectivity index (χ1) is 8.66. The molecule has 0 bridgehead atoms. The molecule has 1 fully saturated rings. The lowest BCUT2D eigenvalue weighted by molar-refractivity contribution is -0.384. The molecule has 0 spiro atoms. The smallest absolute Gasteiger partial charge is 0.294 e. The lowest BCUT2D eigenvalue weighted by Gasteiger charge is -2.03. The highest BCUT2D eigenvalue weighted by molar-refractivity contribution is 7.71. The molecule has 1 N–H and O–H groups in total. The topological polar surface area (TPSA) is 63.9 Å². The molecule has 0 radical (unpaired) electrons. The summed E-state index contributed by atoms with van der Waals surface area (Å²) in [6, 6.07) is 8.48. The van der Waals surface area contributed by atoms with Crippen LogP contribution in [0.1, 0.15) is 24.5 Å². The maximum absolute atomic E-state index is 11.0. The second-order valence-corrected chi connectivity index (χ2v) is 4.82. The van der Waals surface area contributed by atoms with Crippen LogP contribution in [-0.2, 0) is 0 Å². The van der Waals surface area contributed by atoms with Gasteiger partial charge in [0, 0.05) is 17.7 Å². The highest BCUT2D eigenvalue weighted by Gasteiger charge is 2.26. The monoisotopic (exact) mass is 261 g/mol. The Morgan fingerprint density at radius 3 is 2.78 bits per heavy atom. The number of aromatic amines is 1. The van der Waals surface area contributed by atoms with Crippen molar-refractivity contribution < 1.29 is 4.92 Å². The van der Waals surface area contributed by atoms with Crippen molar-refractivity contribution in [2.45, 2.75) is 18.8 Å². The van der Waals surface area contributed by atoms with E-state index in [4.69, 9.17) is 12.2 Å². The number of para-hydroxylation sites is 2. The van der Waals surface area contributed by atoms with Crippen LogP contribution in [0.15, 0.2) is 30.3 Å². The summed E-state index contributed by atoms with van der Waals surface area (Å²) in [6.07, 6.45) is 2.32. The first-order valence-electron chi connectivity index (χ1n) is 5.72. The van der Waals surface area contributed by atoms with E-state index in [1.54, 1.807) is 22.9 Å². The largest absolute Gasteiger partial charge is 0.297 e. The van der Waals surface area contributed by atoms with Crippen molar-refractivity contribution in [2.24, 2.45) is 0 Å². The highest BCUT2D eigenvalue weighted by atomic mass is 32.1. The van der Waals surface area contributed by atoms with Crippen molar-refractivity contribution in [1.29, 1.82) is 0 Å². The van der Waals surface area contributed by atoms with E-state index in [1.807, 2.05) is 6.07 Å². The van der Waals surface area contributed by atoms with Crippen molar-refractivity contribution in [3.63, 3.8) is 0 Å². The molecule has 0 atom stereocenters. The minimum absolute atomic E-state index is 0.0535. The maximum Gasteiger partial charge on any atom is 0.294 e. The summed E-state index contributed by atoms with van der Waals surface area (Å²) in [5, 5.41) is 14.2. The second-order valence-electron chi connectivity index (χ2n) is 4.41. The van der Waals surface area contributed by atoms with Crippen LogP contribution in [-0.4, -0.2) is 14.7 Å². The van der Waals surface area contributed by atoms with Gasteiger partial charge < -0.3 is 0 Å². The average Bonchev–Trinajstić information content (AvgIpc) is 3.13. The number of benzene rings is 1. The summed E-state index contributed by atoms with van der Waals surface area (Å²) in [6.45, 7) is 0. The molecular formula is C12H11N3O2S. The lowest BCUT2D eigenvalue weighted by atomic mass is 10.3. The number of nitro benzene ring substituents is 1. The molecule has 1 heterocycles. The predicted octanol–water partition coefficient (Wildman–Crippen LogP) is 3.32. The third kappa shape index (κ3) is 1.84. The number of nitro groups is 1. The zero-order valence-electron chi connectivity index (χ0n) is 9.50. The van der Waals surface area contributed by atoms with Gasteiger partial charge in [0.25, 0.3) is 5.69 Å². The molecule has 2 aromatic rings. The van der Waals surface area contributed by atoms with Crippen LogP contribution in [0.25, 0.3) is 5.69 Å². The number of rotatable bonds is 3. The molecule has 1 aromatic carbocycles. The van der Waals surface area contributed by atoms with Crippen molar-refractivity contribution in [2.75, 3.05) is 0 Å². The molecule has 0 amide bonds. The van der Waals surface area contributed by atoms with E-state index in [2.05, 4.69) is 5.10 Å². The van der Waals surface area contributed by atoms with E-state index >= 15 is 0 Å². The molecule has 0 aliphatic heterocycles. The van der Waals surface area contributed by atoms with E-state index in [0.29, 0.717) is 16.2 Å². The lowest BCUT2D eigenvalue weighted by Crippen LogP contribution is -2.02. The molecule has 92 valence electrons. The minimum atomic E-state index is -0.394. The van der Waals surface area contributed by atoms with E-state index < -0.39 is 4.92 Å². The number of hydrogen-bond acceptors (Lipinski definition) is 3. The van der Waals surface area contributed by atoms with Gasteiger partial charge in [-0.3, -0.25) is 15.2 Å². The Morgan fingerprint density at radius 1 is 1.39 bits per heavy atom. The number of hydrogen-bond donors (Lipinski definition) is 1. The van der Waals surface area contributed by atoms with Crippen LogP contribution < -0.4 is 0 Å². The summed E-state index contributed by atoms with van der Waals surface area (Å²) >= 11 is 5.26. The van der Waals surface area contributed by atoms with Crippen LogP contribution in [0.2, 0.25) is 0 Å². The Bertz CT molecular complexity index is 670. The first kappa shape index (κ1) is 11.2. The van der Waals surface area contributed by atoms with Crippen LogP contribution >= 0.6 is 12.2 Å². The van der Waals surface area contributed by atoms with Gasteiger partial charge in [-0.05, 0) is 25.0 Å². The van der Waals surface area contributed by atoms with Gasteiger partial charge in [-0.2, -0.15) is 0 Å². The SMILES string of the molecule is O=[N+]([O-])c1ccccc1-n1[nH]c(C2CC2)cc1=S. The van der Waals surface area contributed by atoms with E-state index in [1.165, 1.54) is 6.07 Å². The fourth-order valence-corrected chi connectivity index (χ4v) is 2.28. The molecule has 0 unspecified atom stereocenters. The van der Waals surface area contributed by atoms with Gasteiger partial charge in [0.15, 0.2) is 0 Å². The van der Waals surface area contributed by atoms with Gasteiger partial charge in [-0.1, -0.05) is 24.4 Å². The van der Waals surface area contributed by atoms with Gasteiger partial charge in [0.2, 0.25) is 0 Å². The van der Waals surface area contributed by atoms with Crippen LogP contribution in [0, 0.1) is 14.8 Å². The van der Waals surface area contributed by atoms with Gasteiger partial charge in [-0.15, -0.1) is 0 Å². The highest BCUT2D eigenvalue weighted by Crippen LogP contribution is 2.39. The van der Waals surface area contributed by atoms with Crippen molar-refractivity contribution >= 4 is 17.9 Å². The normalized spacial score (nSPS) is 14.7. The number of nitrogens with zero attached hydrogens (tertiary/aromatic N) is 2. The fourth-order valence-electron chi connectivity index (χ4n) is 2.00. The third-order valence-corrected chi connectivity index (χ3v) is 3.38. The van der Waals surface area contributed by atoms with Crippen molar-refractivity contribution in [3.8, 4) is 5.69 Å². The molecule has 18 heavy (non-hydrogen) atoms. The summed E-state index contributed by atoms with van der Waals surface area (Å²) in [7, 11) is 0. The quantitative estimate of drug-likeness (QED) is 0.523.